The fourth-order valence-electron chi connectivity index (χ4n) is 2.84. The molecule has 9 heteroatoms. The maximum atomic E-state index is 13.6. The smallest absolute Gasteiger partial charge is 0.304 e. The van der Waals surface area contributed by atoms with Crippen molar-refractivity contribution < 1.29 is 22.3 Å². The largest absolute Gasteiger partial charge is 0.490 e. The lowest BCUT2D eigenvalue weighted by Gasteiger charge is -2.34. The third-order valence-corrected chi connectivity index (χ3v) is 4.19. The van der Waals surface area contributed by atoms with E-state index in [4.69, 9.17) is 4.74 Å². The van der Waals surface area contributed by atoms with Gasteiger partial charge in [-0.2, -0.15) is 8.78 Å². The van der Waals surface area contributed by atoms with Gasteiger partial charge in [-0.3, -0.25) is 9.38 Å². The monoisotopic (exact) mass is 366 g/mol. The Balaban J connectivity index is 1.57. The fourth-order valence-corrected chi connectivity index (χ4v) is 2.84. The summed E-state index contributed by atoms with van der Waals surface area (Å²) in [5.41, 5.74) is 1.33. The van der Waals surface area contributed by atoms with Crippen LogP contribution in [0.3, 0.4) is 0 Å². The first-order valence-corrected chi connectivity index (χ1v) is 7.95. The summed E-state index contributed by atoms with van der Waals surface area (Å²) >= 11 is 0. The molecular formula is C17H14F4N4O. The molecular weight excluding hydrogens is 352 g/mol. The number of aromatic nitrogens is 4. The SMILES string of the molecule is CC(F)(F)c1nnc2cnc(-c3ccc(OC4CC(F)(F)C4)cc3)cn12. The molecule has 0 aliphatic heterocycles. The van der Waals surface area contributed by atoms with Crippen molar-refractivity contribution in [1.29, 1.82) is 0 Å². The molecule has 1 fully saturated rings. The van der Waals surface area contributed by atoms with Gasteiger partial charge in [-0.1, -0.05) is 0 Å². The number of fused-ring (bicyclic) bond motifs is 1. The molecule has 3 aromatic rings. The number of rotatable bonds is 4. The van der Waals surface area contributed by atoms with Gasteiger partial charge >= 0.3 is 5.92 Å². The number of benzene rings is 1. The molecule has 0 atom stereocenters. The van der Waals surface area contributed by atoms with E-state index in [-0.39, 0.29) is 18.5 Å². The quantitative estimate of drug-likeness (QED) is 0.653. The Morgan fingerprint density at radius 2 is 1.85 bits per heavy atom. The summed E-state index contributed by atoms with van der Waals surface area (Å²) in [5.74, 6) is -5.77. The zero-order chi connectivity index (χ0) is 18.5. The van der Waals surface area contributed by atoms with Crippen LogP contribution in [0, 0.1) is 0 Å². The Morgan fingerprint density at radius 3 is 2.46 bits per heavy atom. The molecule has 1 saturated carbocycles. The van der Waals surface area contributed by atoms with Gasteiger partial charge in [0.15, 0.2) is 5.65 Å². The van der Waals surface area contributed by atoms with E-state index < -0.39 is 23.8 Å². The van der Waals surface area contributed by atoms with Crippen LogP contribution in [0.25, 0.3) is 16.9 Å². The van der Waals surface area contributed by atoms with Gasteiger partial charge in [-0.05, 0) is 24.3 Å². The third kappa shape index (κ3) is 3.09. The molecule has 1 aliphatic carbocycles. The normalized spacial score (nSPS) is 17.3. The minimum Gasteiger partial charge on any atom is -0.490 e. The molecule has 4 rings (SSSR count). The van der Waals surface area contributed by atoms with Gasteiger partial charge in [-0.25, -0.2) is 8.78 Å². The Kier molecular flexibility index (Phi) is 3.64. The molecule has 1 aromatic carbocycles. The molecule has 0 saturated heterocycles. The zero-order valence-electron chi connectivity index (χ0n) is 13.7. The van der Waals surface area contributed by atoms with Crippen LogP contribution in [0.1, 0.15) is 25.6 Å². The van der Waals surface area contributed by atoms with Gasteiger partial charge in [0.1, 0.15) is 11.9 Å². The van der Waals surface area contributed by atoms with Crippen molar-refractivity contribution in [3.63, 3.8) is 0 Å². The molecule has 2 aromatic heterocycles. The summed E-state index contributed by atoms with van der Waals surface area (Å²) in [6.45, 7) is 0.750. The van der Waals surface area contributed by atoms with Crippen LogP contribution in [0.15, 0.2) is 36.7 Å². The summed E-state index contributed by atoms with van der Waals surface area (Å²) in [5, 5.41) is 7.20. The molecule has 0 unspecified atom stereocenters. The highest BCUT2D eigenvalue weighted by Gasteiger charge is 2.46. The van der Waals surface area contributed by atoms with E-state index in [2.05, 4.69) is 15.2 Å². The Labute approximate surface area is 145 Å². The highest BCUT2D eigenvalue weighted by molar-refractivity contribution is 5.60. The van der Waals surface area contributed by atoms with Crippen LogP contribution in [0.5, 0.6) is 5.75 Å². The van der Waals surface area contributed by atoms with Crippen LogP contribution in [-0.4, -0.2) is 31.6 Å². The van der Waals surface area contributed by atoms with Crippen LogP contribution >= 0.6 is 0 Å². The predicted octanol–water partition coefficient (Wildman–Crippen LogP) is 4.08. The van der Waals surface area contributed by atoms with Crippen molar-refractivity contribution in [2.24, 2.45) is 0 Å². The van der Waals surface area contributed by atoms with E-state index >= 15 is 0 Å². The van der Waals surface area contributed by atoms with Gasteiger partial charge in [0.05, 0.1) is 11.9 Å². The molecule has 0 bridgehead atoms. The molecule has 26 heavy (non-hydrogen) atoms. The number of hydrogen-bond donors (Lipinski definition) is 0. The number of halogens is 4. The average Bonchev–Trinajstić information content (AvgIpc) is 2.97. The molecule has 1 aliphatic rings. The first kappa shape index (κ1) is 16.7. The van der Waals surface area contributed by atoms with E-state index in [0.29, 0.717) is 17.0 Å². The van der Waals surface area contributed by atoms with Gasteiger partial charge in [0, 0.05) is 31.5 Å². The van der Waals surface area contributed by atoms with Crippen molar-refractivity contribution in [2.45, 2.75) is 37.7 Å². The lowest BCUT2D eigenvalue weighted by Crippen LogP contribution is -2.43. The lowest BCUT2D eigenvalue weighted by atomic mass is 9.91. The third-order valence-electron chi connectivity index (χ3n) is 4.19. The van der Waals surface area contributed by atoms with E-state index in [1.807, 2.05) is 0 Å². The number of nitrogens with zero attached hydrogens (tertiary/aromatic N) is 4. The molecule has 0 spiro atoms. The van der Waals surface area contributed by atoms with Crippen molar-refractivity contribution in [2.75, 3.05) is 0 Å². The Morgan fingerprint density at radius 1 is 1.15 bits per heavy atom. The topological polar surface area (TPSA) is 52.3 Å². The minimum absolute atomic E-state index is 0.219. The van der Waals surface area contributed by atoms with Crippen LogP contribution < -0.4 is 4.74 Å². The molecule has 2 heterocycles. The Hall–Kier alpha value is -2.71. The average molecular weight is 366 g/mol. The van der Waals surface area contributed by atoms with Crippen LogP contribution in [0.4, 0.5) is 17.6 Å². The number of hydrogen-bond acceptors (Lipinski definition) is 4. The summed E-state index contributed by atoms with van der Waals surface area (Å²) in [4.78, 5) is 4.20. The standard InChI is InChI=1S/C17H14F4N4O/c1-16(18,19)15-24-23-14-8-22-13(9-25(14)15)10-2-4-11(5-3-10)26-12-6-17(20,21)7-12/h2-5,8-9,12H,6-7H2,1H3. The molecule has 0 amide bonds. The second-order valence-electron chi connectivity index (χ2n) is 6.44. The molecule has 0 radical (unpaired) electrons. The molecule has 5 nitrogen and oxygen atoms in total. The number of alkyl halides is 4. The number of ether oxygens (including phenoxy) is 1. The highest BCUT2D eigenvalue weighted by atomic mass is 19.3. The van der Waals surface area contributed by atoms with Gasteiger partial charge in [0.25, 0.3) is 5.92 Å². The van der Waals surface area contributed by atoms with Crippen molar-refractivity contribution >= 4 is 5.65 Å². The van der Waals surface area contributed by atoms with Gasteiger partial charge in [0.2, 0.25) is 5.82 Å². The van der Waals surface area contributed by atoms with Crippen molar-refractivity contribution in [3.8, 4) is 17.0 Å². The second-order valence-corrected chi connectivity index (χ2v) is 6.44. The predicted molar refractivity (Wildman–Crippen MR) is 84.4 cm³/mol. The second kappa shape index (κ2) is 5.65. The van der Waals surface area contributed by atoms with E-state index in [1.165, 1.54) is 16.8 Å². The van der Waals surface area contributed by atoms with Gasteiger partial charge < -0.3 is 4.74 Å². The zero-order valence-corrected chi connectivity index (χ0v) is 13.7. The van der Waals surface area contributed by atoms with Crippen molar-refractivity contribution in [1.82, 2.24) is 19.6 Å². The maximum Gasteiger partial charge on any atom is 0.304 e. The summed E-state index contributed by atoms with van der Waals surface area (Å²) in [7, 11) is 0. The van der Waals surface area contributed by atoms with Crippen LogP contribution in [0.2, 0.25) is 0 Å². The summed E-state index contributed by atoms with van der Waals surface area (Å²) < 4.78 is 59.6. The first-order chi connectivity index (χ1) is 12.2. The minimum atomic E-state index is -3.14. The Bertz CT molecular complexity index is 942. The van der Waals surface area contributed by atoms with Gasteiger partial charge in [-0.15, -0.1) is 10.2 Å². The maximum absolute atomic E-state index is 13.6. The van der Waals surface area contributed by atoms with E-state index in [0.717, 1.165) is 6.92 Å². The van der Waals surface area contributed by atoms with E-state index in [1.54, 1.807) is 24.3 Å². The molecule has 0 N–H and O–H groups in total. The molecule has 136 valence electrons. The van der Waals surface area contributed by atoms with Crippen molar-refractivity contribution in [3.05, 3.63) is 42.5 Å². The fraction of sp³-hybridized carbons (Fsp3) is 0.353. The highest BCUT2D eigenvalue weighted by Crippen LogP contribution is 2.39. The van der Waals surface area contributed by atoms with E-state index in [9.17, 15) is 17.6 Å². The summed E-state index contributed by atoms with van der Waals surface area (Å²) in [6, 6.07) is 6.65. The summed E-state index contributed by atoms with van der Waals surface area (Å²) in [6.07, 6.45) is 1.74. The van der Waals surface area contributed by atoms with Crippen LogP contribution in [-0.2, 0) is 5.92 Å². The first-order valence-electron chi connectivity index (χ1n) is 7.95. The lowest BCUT2D eigenvalue weighted by molar-refractivity contribution is -0.134.